The van der Waals surface area contributed by atoms with Crippen LogP contribution in [0.4, 0.5) is 0 Å². The molecular formula is C6H9NO3. The molecule has 1 atom stereocenters. The quantitative estimate of drug-likeness (QED) is 0.461. The highest BCUT2D eigenvalue weighted by Gasteiger charge is 2.35. The lowest BCUT2D eigenvalue weighted by atomic mass is 10.1. The Labute approximate surface area is 58.4 Å². The molecule has 4 nitrogen and oxygen atoms in total. The molecule has 1 amide bonds. The van der Waals surface area contributed by atoms with Crippen molar-refractivity contribution in [3.8, 4) is 0 Å². The predicted octanol–water partition coefficient (Wildman–Crippen LogP) is -1.36. The van der Waals surface area contributed by atoms with Gasteiger partial charge in [0.25, 0.3) is 5.91 Å². The van der Waals surface area contributed by atoms with E-state index in [1.807, 2.05) is 0 Å². The average Bonchev–Trinajstić information content (AvgIpc) is 2.17. The van der Waals surface area contributed by atoms with Crippen molar-refractivity contribution in [2.45, 2.75) is 0 Å². The van der Waals surface area contributed by atoms with E-state index in [1.54, 1.807) is 7.05 Å². The van der Waals surface area contributed by atoms with Crippen LogP contribution in [0.2, 0.25) is 0 Å². The van der Waals surface area contributed by atoms with Gasteiger partial charge in [-0.25, -0.2) is 0 Å². The number of likely N-dealkylation sites (N-methyl/N-ethyl adjacent to an activating group) is 1. The summed E-state index contributed by atoms with van der Waals surface area (Å²) < 4.78 is 0. The number of rotatable bonds is 1. The zero-order chi connectivity index (χ0) is 7.72. The number of hydrogen-bond acceptors (Lipinski definition) is 3. The summed E-state index contributed by atoms with van der Waals surface area (Å²) in [6, 6.07) is 0. The minimum atomic E-state index is -0.488. The Balaban J connectivity index is 2.71. The van der Waals surface area contributed by atoms with Crippen molar-refractivity contribution in [1.82, 2.24) is 4.90 Å². The van der Waals surface area contributed by atoms with Gasteiger partial charge in [0, 0.05) is 13.6 Å². The van der Waals surface area contributed by atoms with E-state index >= 15 is 0 Å². The molecule has 56 valence electrons. The fourth-order valence-corrected chi connectivity index (χ4v) is 1.000. The number of ketones is 1. The highest BCUT2D eigenvalue weighted by molar-refractivity contribution is 6.38. The van der Waals surface area contributed by atoms with Gasteiger partial charge in [0.1, 0.15) is 0 Å². The number of carbonyl (C=O) groups excluding carboxylic acids is 2. The first-order valence-electron chi connectivity index (χ1n) is 3.07. The second-order valence-corrected chi connectivity index (χ2v) is 2.43. The van der Waals surface area contributed by atoms with Crippen molar-refractivity contribution in [2.24, 2.45) is 5.92 Å². The van der Waals surface area contributed by atoms with Gasteiger partial charge in [0.15, 0.2) is 0 Å². The molecule has 0 bridgehead atoms. The smallest absolute Gasteiger partial charge is 0.290 e. The molecule has 0 aromatic rings. The van der Waals surface area contributed by atoms with Crippen molar-refractivity contribution >= 4 is 11.7 Å². The Hall–Kier alpha value is -0.900. The predicted molar refractivity (Wildman–Crippen MR) is 33.2 cm³/mol. The van der Waals surface area contributed by atoms with Crippen LogP contribution in [0.25, 0.3) is 0 Å². The molecule has 1 N–H and O–H groups in total. The van der Waals surface area contributed by atoms with Crippen molar-refractivity contribution in [1.29, 1.82) is 0 Å². The summed E-state index contributed by atoms with van der Waals surface area (Å²) >= 11 is 0. The Bertz CT molecular complexity index is 178. The van der Waals surface area contributed by atoms with Crippen molar-refractivity contribution < 1.29 is 14.7 Å². The number of aliphatic hydroxyl groups excluding tert-OH is 1. The number of Topliss-reactive ketones (excluding diaryl/α,β-unsaturated/α-hetero) is 1. The number of amides is 1. The van der Waals surface area contributed by atoms with Gasteiger partial charge in [-0.2, -0.15) is 0 Å². The van der Waals surface area contributed by atoms with E-state index in [2.05, 4.69) is 0 Å². The van der Waals surface area contributed by atoms with Gasteiger partial charge < -0.3 is 10.0 Å². The summed E-state index contributed by atoms with van der Waals surface area (Å²) in [4.78, 5) is 22.9. The molecule has 4 heteroatoms. The highest BCUT2D eigenvalue weighted by Crippen LogP contribution is 2.10. The first-order chi connectivity index (χ1) is 4.66. The summed E-state index contributed by atoms with van der Waals surface area (Å²) in [6.07, 6.45) is 0. The van der Waals surface area contributed by atoms with Crippen LogP contribution >= 0.6 is 0 Å². The lowest BCUT2D eigenvalue weighted by molar-refractivity contribution is -0.140. The zero-order valence-electron chi connectivity index (χ0n) is 5.70. The molecule has 1 fully saturated rings. The molecule has 0 spiro atoms. The molecule has 1 heterocycles. The van der Waals surface area contributed by atoms with Gasteiger partial charge in [-0.15, -0.1) is 0 Å². The summed E-state index contributed by atoms with van der Waals surface area (Å²) in [5.74, 6) is -1.44. The van der Waals surface area contributed by atoms with E-state index in [-0.39, 0.29) is 6.61 Å². The molecule has 0 radical (unpaired) electrons. The van der Waals surface area contributed by atoms with E-state index in [0.29, 0.717) is 6.54 Å². The SMILES string of the molecule is CN1CC(CO)C(=O)C1=O. The first-order valence-corrected chi connectivity index (χ1v) is 3.07. The van der Waals surface area contributed by atoms with Gasteiger partial charge in [0.05, 0.1) is 12.5 Å². The highest BCUT2D eigenvalue weighted by atomic mass is 16.3. The van der Waals surface area contributed by atoms with E-state index in [0.717, 1.165) is 0 Å². The van der Waals surface area contributed by atoms with Crippen LogP contribution in [-0.2, 0) is 9.59 Å². The van der Waals surface area contributed by atoms with Gasteiger partial charge in [-0.1, -0.05) is 0 Å². The molecule has 0 saturated carbocycles. The van der Waals surface area contributed by atoms with Gasteiger partial charge >= 0.3 is 0 Å². The van der Waals surface area contributed by atoms with Crippen molar-refractivity contribution in [3.05, 3.63) is 0 Å². The molecular weight excluding hydrogens is 134 g/mol. The molecule has 1 aliphatic rings. The van der Waals surface area contributed by atoms with Gasteiger partial charge in [-0.3, -0.25) is 9.59 Å². The fourth-order valence-electron chi connectivity index (χ4n) is 1.000. The van der Waals surface area contributed by atoms with Gasteiger partial charge in [-0.05, 0) is 0 Å². The maximum Gasteiger partial charge on any atom is 0.290 e. The van der Waals surface area contributed by atoms with Crippen LogP contribution in [0.15, 0.2) is 0 Å². The average molecular weight is 143 g/mol. The number of aliphatic hydroxyl groups is 1. The Morgan fingerprint density at radius 2 is 2.30 bits per heavy atom. The Morgan fingerprint density at radius 3 is 2.50 bits per heavy atom. The third-order valence-corrected chi connectivity index (χ3v) is 1.64. The number of nitrogens with zero attached hydrogens (tertiary/aromatic N) is 1. The second kappa shape index (κ2) is 2.38. The molecule has 0 aromatic carbocycles. The topological polar surface area (TPSA) is 57.6 Å². The lowest BCUT2D eigenvalue weighted by Gasteiger charge is -2.04. The molecule has 1 rings (SSSR count). The summed E-state index contributed by atoms with van der Waals surface area (Å²) in [5.41, 5.74) is 0. The maximum absolute atomic E-state index is 10.8. The van der Waals surface area contributed by atoms with Crippen LogP contribution in [0, 0.1) is 5.92 Å². The van der Waals surface area contributed by atoms with E-state index in [4.69, 9.17) is 5.11 Å². The third kappa shape index (κ3) is 0.903. The van der Waals surface area contributed by atoms with Gasteiger partial charge in [0.2, 0.25) is 5.78 Å². The largest absolute Gasteiger partial charge is 0.396 e. The van der Waals surface area contributed by atoms with E-state index in [1.165, 1.54) is 4.90 Å². The molecule has 1 aliphatic heterocycles. The van der Waals surface area contributed by atoms with Crippen LogP contribution in [-0.4, -0.2) is 41.9 Å². The first kappa shape index (κ1) is 7.21. The van der Waals surface area contributed by atoms with Crippen LogP contribution in [0.1, 0.15) is 0 Å². The molecule has 1 unspecified atom stereocenters. The van der Waals surface area contributed by atoms with E-state index < -0.39 is 17.6 Å². The summed E-state index contributed by atoms with van der Waals surface area (Å²) in [5, 5.41) is 8.57. The maximum atomic E-state index is 10.8. The standard InChI is InChI=1S/C6H9NO3/c1-7-2-4(3-8)5(9)6(7)10/h4,8H,2-3H2,1H3. The molecule has 0 aromatic heterocycles. The molecule has 10 heavy (non-hydrogen) atoms. The monoisotopic (exact) mass is 143 g/mol. The van der Waals surface area contributed by atoms with Crippen LogP contribution < -0.4 is 0 Å². The second-order valence-electron chi connectivity index (χ2n) is 2.43. The summed E-state index contributed by atoms with van der Waals surface area (Å²) in [7, 11) is 1.55. The third-order valence-electron chi connectivity index (χ3n) is 1.64. The van der Waals surface area contributed by atoms with Crippen LogP contribution in [0.3, 0.4) is 0 Å². The summed E-state index contributed by atoms with van der Waals surface area (Å²) in [6.45, 7) is 0.128. The lowest BCUT2D eigenvalue weighted by Crippen LogP contribution is -2.22. The Morgan fingerprint density at radius 1 is 1.70 bits per heavy atom. The number of carbonyl (C=O) groups is 2. The zero-order valence-corrected chi connectivity index (χ0v) is 5.70. The van der Waals surface area contributed by atoms with Crippen molar-refractivity contribution in [3.63, 3.8) is 0 Å². The number of hydrogen-bond donors (Lipinski definition) is 1. The fraction of sp³-hybridized carbons (Fsp3) is 0.667. The Kier molecular flexibility index (Phi) is 1.72. The van der Waals surface area contributed by atoms with E-state index in [9.17, 15) is 9.59 Å². The normalized spacial score (nSPS) is 26.2. The van der Waals surface area contributed by atoms with Crippen molar-refractivity contribution in [2.75, 3.05) is 20.2 Å². The number of likely N-dealkylation sites (tertiary alicyclic amines) is 1. The molecule has 0 aliphatic carbocycles. The minimum Gasteiger partial charge on any atom is -0.396 e. The van der Waals surface area contributed by atoms with Crippen LogP contribution in [0.5, 0.6) is 0 Å². The molecule has 1 saturated heterocycles. The minimum absolute atomic E-state index is 0.227.